The summed E-state index contributed by atoms with van der Waals surface area (Å²) >= 11 is 0. The zero-order chi connectivity index (χ0) is 32.8. The maximum atomic E-state index is 13.8. The normalized spacial score (nSPS) is 21.6. The average molecular weight is 636 g/mol. The van der Waals surface area contributed by atoms with E-state index < -0.39 is 40.7 Å². The first kappa shape index (κ1) is 32.2. The number of halogens is 7. The molecule has 0 radical (unpaired) electrons. The highest BCUT2D eigenvalue weighted by atomic mass is 19.4. The van der Waals surface area contributed by atoms with Gasteiger partial charge >= 0.3 is 12.4 Å². The van der Waals surface area contributed by atoms with Gasteiger partial charge < -0.3 is 14.9 Å². The fraction of sp³-hybridized carbons (Fsp3) is 0.419. The van der Waals surface area contributed by atoms with Gasteiger partial charge in [-0.3, -0.25) is 4.79 Å². The molecular formula is C31H28F7N5O2. The van der Waals surface area contributed by atoms with E-state index in [-0.39, 0.29) is 24.9 Å². The number of nitrogens with zero attached hydrogens (tertiary/aromatic N) is 5. The number of hydrogen-bond donors (Lipinski definition) is 1. The van der Waals surface area contributed by atoms with E-state index in [1.54, 1.807) is 17.0 Å². The Bertz CT molecular complexity index is 1550. The van der Waals surface area contributed by atoms with E-state index in [4.69, 9.17) is 5.26 Å². The molecule has 1 amide bonds. The molecule has 2 aromatic carbocycles. The Morgan fingerprint density at radius 1 is 0.956 bits per heavy atom. The van der Waals surface area contributed by atoms with Crippen molar-refractivity contribution in [3.8, 4) is 6.07 Å². The molecule has 238 valence electrons. The molecule has 1 N–H and O–H groups in total. The van der Waals surface area contributed by atoms with Crippen LogP contribution in [0.2, 0.25) is 0 Å². The number of likely N-dealkylation sites (tertiary alicyclic amines) is 1. The van der Waals surface area contributed by atoms with Crippen LogP contribution in [-0.4, -0.2) is 64.4 Å². The number of alkyl halides is 6. The van der Waals surface area contributed by atoms with E-state index in [1.165, 1.54) is 24.5 Å². The number of carbonyl (C=O) groups is 1. The van der Waals surface area contributed by atoms with Crippen LogP contribution in [-0.2, 0) is 15.8 Å². The van der Waals surface area contributed by atoms with Gasteiger partial charge in [0.2, 0.25) is 11.9 Å². The van der Waals surface area contributed by atoms with E-state index >= 15 is 0 Å². The molecule has 0 bridgehead atoms. The monoisotopic (exact) mass is 635 g/mol. The topological polar surface area (TPSA) is 93.4 Å². The number of rotatable bonds is 5. The molecule has 2 saturated heterocycles. The summed E-state index contributed by atoms with van der Waals surface area (Å²) in [6.07, 6.45) is -8.24. The number of anilines is 1. The number of piperidine rings is 1. The molecule has 1 aromatic heterocycles. The summed E-state index contributed by atoms with van der Waals surface area (Å²) in [6, 6.07) is 11.0. The molecule has 3 aromatic rings. The SMILES string of the molecule is C[C@]1(c2ccc(F)cc2)CN(C(=O)C2CCN(c3ncc(C#N)cn3)CC2)C[C@H]1c1ccc(C(O)(C(F)(F)F)C(F)(F)F)cc1. The fourth-order valence-electron chi connectivity index (χ4n) is 6.33. The lowest BCUT2D eigenvalue weighted by molar-refractivity contribution is -0.376. The first-order chi connectivity index (χ1) is 21.1. The maximum absolute atomic E-state index is 13.8. The fourth-order valence-corrected chi connectivity index (χ4v) is 6.33. The standard InChI is InChI=1S/C31H28F7N5O2/c1-28(22-6-8-24(32)9-7-22)18-43(26(44)21-10-12-42(13-11-21)27-40-15-19(14-39)16-41-27)17-25(28)20-2-4-23(5-3-20)29(45,30(33,34)35)31(36,37)38/h2-9,15-16,21,25,45H,10-13,17-18H2,1H3/t25-,28+/m0/s1. The van der Waals surface area contributed by atoms with Crippen LogP contribution >= 0.6 is 0 Å². The molecule has 0 saturated carbocycles. The van der Waals surface area contributed by atoms with E-state index in [1.807, 2.05) is 17.9 Å². The molecule has 2 fully saturated rings. The Kier molecular flexibility index (Phi) is 8.28. The average Bonchev–Trinajstić information content (AvgIpc) is 3.38. The minimum absolute atomic E-state index is 0.119. The van der Waals surface area contributed by atoms with Gasteiger partial charge in [-0.2, -0.15) is 31.6 Å². The highest BCUT2D eigenvalue weighted by molar-refractivity contribution is 5.80. The highest BCUT2D eigenvalue weighted by Crippen LogP contribution is 2.51. The van der Waals surface area contributed by atoms with Gasteiger partial charge in [0.05, 0.1) is 18.0 Å². The Morgan fingerprint density at radius 2 is 1.51 bits per heavy atom. The number of amides is 1. The smallest absolute Gasteiger partial charge is 0.369 e. The molecular weight excluding hydrogens is 607 g/mol. The molecule has 0 aliphatic carbocycles. The van der Waals surface area contributed by atoms with Gasteiger partial charge in [0.1, 0.15) is 11.9 Å². The third-order valence-electron chi connectivity index (χ3n) is 8.95. The maximum Gasteiger partial charge on any atom is 0.430 e. The predicted octanol–water partition coefficient (Wildman–Crippen LogP) is 5.60. The number of aromatic nitrogens is 2. The van der Waals surface area contributed by atoms with Gasteiger partial charge in [-0.1, -0.05) is 43.3 Å². The highest BCUT2D eigenvalue weighted by Gasteiger charge is 2.71. The third kappa shape index (κ3) is 5.81. The van der Waals surface area contributed by atoms with Crippen molar-refractivity contribution in [2.24, 2.45) is 5.92 Å². The van der Waals surface area contributed by atoms with Gasteiger partial charge in [-0.15, -0.1) is 0 Å². The minimum Gasteiger partial charge on any atom is -0.369 e. The van der Waals surface area contributed by atoms with E-state index in [2.05, 4.69) is 9.97 Å². The first-order valence-electron chi connectivity index (χ1n) is 14.1. The van der Waals surface area contributed by atoms with E-state index in [0.29, 0.717) is 60.7 Å². The molecule has 2 atom stereocenters. The largest absolute Gasteiger partial charge is 0.430 e. The molecule has 2 aliphatic heterocycles. The Morgan fingerprint density at radius 3 is 2.02 bits per heavy atom. The van der Waals surface area contributed by atoms with Crippen molar-refractivity contribution in [3.05, 3.63) is 89.0 Å². The van der Waals surface area contributed by atoms with Crippen molar-refractivity contribution in [1.82, 2.24) is 14.9 Å². The van der Waals surface area contributed by atoms with Crippen molar-refractivity contribution >= 4 is 11.9 Å². The minimum atomic E-state index is -6.02. The summed E-state index contributed by atoms with van der Waals surface area (Å²) in [4.78, 5) is 25.7. The lowest BCUT2D eigenvalue weighted by Crippen LogP contribution is -2.53. The van der Waals surface area contributed by atoms with Crippen molar-refractivity contribution in [2.75, 3.05) is 31.1 Å². The number of aliphatic hydroxyl groups is 1. The van der Waals surface area contributed by atoms with Crippen molar-refractivity contribution in [1.29, 1.82) is 5.26 Å². The molecule has 3 heterocycles. The van der Waals surface area contributed by atoms with Crippen LogP contribution in [0.5, 0.6) is 0 Å². The molecule has 7 nitrogen and oxygen atoms in total. The van der Waals surface area contributed by atoms with Crippen LogP contribution in [0.15, 0.2) is 60.9 Å². The summed E-state index contributed by atoms with van der Waals surface area (Å²) in [7, 11) is 0. The van der Waals surface area contributed by atoms with Crippen LogP contribution in [0.25, 0.3) is 0 Å². The number of carbonyl (C=O) groups excluding carboxylic acids is 1. The van der Waals surface area contributed by atoms with Crippen LogP contribution in [0.4, 0.5) is 36.7 Å². The lowest BCUT2D eigenvalue weighted by atomic mass is 9.71. The summed E-state index contributed by atoms with van der Waals surface area (Å²) in [5.74, 6) is -1.13. The number of benzene rings is 2. The molecule has 5 rings (SSSR count). The van der Waals surface area contributed by atoms with Crippen molar-refractivity contribution in [3.63, 3.8) is 0 Å². The van der Waals surface area contributed by atoms with E-state index in [9.17, 15) is 40.6 Å². The molecule has 14 heteroatoms. The zero-order valence-corrected chi connectivity index (χ0v) is 23.9. The van der Waals surface area contributed by atoms with Gasteiger partial charge in [-0.25, -0.2) is 14.4 Å². The van der Waals surface area contributed by atoms with Crippen LogP contribution < -0.4 is 4.90 Å². The Hall–Kier alpha value is -4.25. The zero-order valence-electron chi connectivity index (χ0n) is 23.9. The first-order valence-corrected chi connectivity index (χ1v) is 14.1. The Balaban J connectivity index is 1.40. The Labute approximate surface area is 253 Å². The summed E-state index contributed by atoms with van der Waals surface area (Å²) in [5, 5.41) is 18.8. The van der Waals surface area contributed by atoms with Gasteiger partial charge in [0, 0.05) is 49.0 Å². The van der Waals surface area contributed by atoms with Crippen molar-refractivity contribution < 1.29 is 40.6 Å². The summed E-state index contributed by atoms with van der Waals surface area (Å²) in [5.41, 5.74) is -5.98. The second-order valence-corrected chi connectivity index (χ2v) is 11.7. The predicted molar refractivity (Wildman–Crippen MR) is 147 cm³/mol. The van der Waals surface area contributed by atoms with Gasteiger partial charge in [0.25, 0.3) is 5.60 Å². The summed E-state index contributed by atoms with van der Waals surface area (Å²) < 4.78 is 94.6. The molecule has 0 spiro atoms. The number of hydrogen-bond acceptors (Lipinski definition) is 6. The molecule has 2 aliphatic rings. The van der Waals surface area contributed by atoms with Crippen LogP contribution in [0.1, 0.15) is 47.9 Å². The lowest BCUT2D eigenvalue weighted by Gasteiger charge is -2.34. The quantitative estimate of drug-likeness (QED) is 0.367. The molecule has 0 unspecified atom stereocenters. The van der Waals surface area contributed by atoms with Gasteiger partial charge in [0.15, 0.2) is 0 Å². The molecule has 45 heavy (non-hydrogen) atoms. The third-order valence-corrected chi connectivity index (χ3v) is 8.95. The second-order valence-electron chi connectivity index (χ2n) is 11.7. The summed E-state index contributed by atoms with van der Waals surface area (Å²) in [6.45, 7) is 3.08. The van der Waals surface area contributed by atoms with Crippen LogP contribution in [0, 0.1) is 23.1 Å². The van der Waals surface area contributed by atoms with Gasteiger partial charge in [-0.05, 0) is 36.1 Å². The van der Waals surface area contributed by atoms with E-state index in [0.717, 1.165) is 12.1 Å². The second kappa shape index (κ2) is 11.6. The van der Waals surface area contributed by atoms with Crippen molar-refractivity contribution in [2.45, 2.75) is 49.1 Å². The van der Waals surface area contributed by atoms with Crippen LogP contribution in [0.3, 0.4) is 0 Å². The number of nitriles is 1.